The summed E-state index contributed by atoms with van der Waals surface area (Å²) < 4.78 is 18.3. The van der Waals surface area contributed by atoms with Crippen LogP contribution in [0, 0.1) is 12.7 Å². The summed E-state index contributed by atoms with van der Waals surface area (Å²) in [6.45, 7) is 1.81. The van der Waals surface area contributed by atoms with Crippen LogP contribution in [0.3, 0.4) is 0 Å². The number of amides is 3. The number of methoxy groups -OCH3 is 1. The lowest BCUT2D eigenvalue weighted by molar-refractivity contribution is -0.125. The maximum atomic E-state index is 13.1. The van der Waals surface area contributed by atoms with Crippen LogP contribution in [-0.2, 0) is 20.9 Å². The summed E-state index contributed by atoms with van der Waals surface area (Å²) in [5.74, 6) is -0.594. The molecule has 0 spiro atoms. The normalized spacial score (nSPS) is 10.4. The van der Waals surface area contributed by atoms with Gasteiger partial charge in [0.25, 0.3) is 0 Å². The topological polar surface area (TPSA) is 101 Å². The number of halogens is 1. The Morgan fingerprint density at radius 3 is 2.49 bits per heavy atom. The highest BCUT2D eigenvalue weighted by atomic mass is 19.1. The Morgan fingerprint density at radius 2 is 1.77 bits per heavy atom. The monoisotopic (exact) mass is 478 g/mol. The fourth-order valence-electron chi connectivity index (χ4n) is 3.27. The van der Waals surface area contributed by atoms with Crippen molar-refractivity contribution in [2.45, 2.75) is 26.3 Å². The van der Waals surface area contributed by atoms with Gasteiger partial charge in [-0.15, -0.1) is 0 Å². The minimum atomic E-state index is -0.404. The Balaban J connectivity index is 1.65. The summed E-state index contributed by atoms with van der Waals surface area (Å²) in [7, 11) is 1.50. The average molecular weight is 479 g/mol. The molecule has 8 nitrogen and oxygen atoms in total. The molecule has 0 saturated carbocycles. The van der Waals surface area contributed by atoms with Crippen molar-refractivity contribution in [3.8, 4) is 5.75 Å². The molecule has 0 unspecified atom stereocenters. The molecule has 0 bridgehead atoms. The largest absolute Gasteiger partial charge is 0.497 e. The zero-order valence-electron chi connectivity index (χ0n) is 19.6. The van der Waals surface area contributed by atoms with Crippen LogP contribution in [0.25, 0.3) is 0 Å². The van der Waals surface area contributed by atoms with Gasteiger partial charge in [0.05, 0.1) is 7.11 Å². The molecule has 35 heavy (non-hydrogen) atoms. The van der Waals surface area contributed by atoms with Gasteiger partial charge < -0.3 is 20.3 Å². The molecule has 1 aromatic heterocycles. The standard InChI is InChI=1S/C26H27FN4O4/c1-18-12-13-28-23(14-18)30-24(32)10-11-26(34)31(21-4-3-5-22(15-21)35-2)17-25(33)29-16-19-6-8-20(27)9-7-19/h3-9,12-15H,10-11,16-17H2,1-2H3,(H,29,33)(H,28,30,32). The van der Waals surface area contributed by atoms with Gasteiger partial charge in [-0.25, -0.2) is 9.37 Å². The summed E-state index contributed by atoms with van der Waals surface area (Å²) in [4.78, 5) is 43.4. The number of nitrogens with one attached hydrogen (secondary N) is 2. The van der Waals surface area contributed by atoms with E-state index in [2.05, 4.69) is 15.6 Å². The third-order valence-corrected chi connectivity index (χ3v) is 5.12. The summed E-state index contributed by atoms with van der Waals surface area (Å²) in [6.07, 6.45) is 1.40. The van der Waals surface area contributed by atoms with Crippen LogP contribution in [0.5, 0.6) is 5.75 Å². The molecule has 0 aliphatic heterocycles. The number of rotatable bonds is 10. The fraction of sp³-hybridized carbons (Fsp3) is 0.231. The molecular formula is C26H27FN4O4. The van der Waals surface area contributed by atoms with E-state index in [0.29, 0.717) is 17.3 Å². The van der Waals surface area contributed by atoms with Gasteiger partial charge in [-0.05, 0) is 54.4 Å². The van der Waals surface area contributed by atoms with E-state index >= 15 is 0 Å². The Kier molecular flexibility index (Phi) is 8.89. The second-order valence-corrected chi connectivity index (χ2v) is 7.85. The van der Waals surface area contributed by atoms with Gasteiger partial charge in [-0.2, -0.15) is 0 Å². The van der Waals surface area contributed by atoms with Crippen molar-refractivity contribution in [3.05, 3.63) is 83.8 Å². The third kappa shape index (κ3) is 7.92. The molecule has 9 heteroatoms. The number of anilines is 2. The lowest BCUT2D eigenvalue weighted by atomic mass is 10.2. The van der Waals surface area contributed by atoms with Gasteiger partial charge in [0, 0.05) is 37.3 Å². The van der Waals surface area contributed by atoms with Crippen LogP contribution >= 0.6 is 0 Å². The number of hydrogen-bond donors (Lipinski definition) is 2. The molecule has 2 aromatic carbocycles. The first-order valence-corrected chi connectivity index (χ1v) is 11.0. The Morgan fingerprint density at radius 1 is 1.00 bits per heavy atom. The number of benzene rings is 2. The number of aryl methyl sites for hydroxylation is 1. The first-order valence-electron chi connectivity index (χ1n) is 11.0. The van der Waals surface area contributed by atoms with E-state index in [1.807, 2.05) is 13.0 Å². The minimum absolute atomic E-state index is 0.0773. The van der Waals surface area contributed by atoms with Crippen molar-refractivity contribution in [1.82, 2.24) is 10.3 Å². The summed E-state index contributed by atoms with van der Waals surface area (Å²) in [5.41, 5.74) is 2.13. The highest BCUT2D eigenvalue weighted by molar-refractivity contribution is 6.01. The SMILES string of the molecule is COc1cccc(N(CC(=O)NCc2ccc(F)cc2)C(=O)CCC(=O)Nc2cc(C)ccn2)c1. The van der Waals surface area contributed by atoms with Gasteiger partial charge in [-0.1, -0.05) is 18.2 Å². The van der Waals surface area contributed by atoms with E-state index in [1.165, 1.54) is 24.1 Å². The number of pyridine rings is 1. The van der Waals surface area contributed by atoms with E-state index < -0.39 is 11.8 Å². The van der Waals surface area contributed by atoms with E-state index in [0.717, 1.165) is 11.1 Å². The van der Waals surface area contributed by atoms with E-state index in [4.69, 9.17) is 4.74 Å². The molecule has 2 N–H and O–H groups in total. The molecule has 0 aliphatic carbocycles. The molecule has 1 heterocycles. The number of nitrogens with zero attached hydrogens (tertiary/aromatic N) is 2. The second-order valence-electron chi connectivity index (χ2n) is 7.85. The molecule has 0 radical (unpaired) electrons. The first kappa shape index (κ1) is 25.4. The van der Waals surface area contributed by atoms with E-state index in [-0.39, 0.29) is 37.7 Å². The smallest absolute Gasteiger partial charge is 0.240 e. The average Bonchev–Trinajstić information content (AvgIpc) is 2.85. The third-order valence-electron chi connectivity index (χ3n) is 5.12. The summed E-state index contributed by atoms with van der Waals surface area (Å²) >= 11 is 0. The van der Waals surface area contributed by atoms with Crippen molar-refractivity contribution in [3.63, 3.8) is 0 Å². The van der Waals surface area contributed by atoms with Gasteiger partial charge >= 0.3 is 0 Å². The Hall–Kier alpha value is -4.27. The number of hydrogen-bond acceptors (Lipinski definition) is 5. The van der Waals surface area contributed by atoms with Crippen LogP contribution < -0.4 is 20.3 Å². The van der Waals surface area contributed by atoms with Crippen molar-refractivity contribution in [2.75, 3.05) is 23.9 Å². The minimum Gasteiger partial charge on any atom is -0.497 e. The summed E-state index contributed by atoms with van der Waals surface area (Å²) in [5, 5.41) is 5.40. The van der Waals surface area contributed by atoms with Crippen LogP contribution in [0.15, 0.2) is 66.9 Å². The molecule has 0 fully saturated rings. The fourth-order valence-corrected chi connectivity index (χ4v) is 3.27. The number of carbonyl (C=O) groups is 3. The molecule has 0 saturated heterocycles. The second kappa shape index (κ2) is 12.3. The molecule has 3 aromatic rings. The zero-order chi connectivity index (χ0) is 25.2. The number of carbonyl (C=O) groups excluding carboxylic acids is 3. The maximum absolute atomic E-state index is 13.1. The van der Waals surface area contributed by atoms with E-state index in [9.17, 15) is 18.8 Å². The van der Waals surface area contributed by atoms with Gasteiger partial charge in [0.15, 0.2) is 0 Å². The lowest BCUT2D eigenvalue weighted by Crippen LogP contribution is -2.41. The molecule has 0 aliphatic rings. The molecule has 182 valence electrons. The maximum Gasteiger partial charge on any atom is 0.240 e. The lowest BCUT2D eigenvalue weighted by Gasteiger charge is -2.23. The molecule has 3 rings (SSSR count). The molecule has 3 amide bonds. The predicted octanol–water partition coefficient (Wildman–Crippen LogP) is 3.61. The molecular weight excluding hydrogens is 451 g/mol. The Bertz CT molecular complexity index is 1180. The van der Waals surface area contributed by atoms with Crippen LogP contribution in [0.2, 0.25) is 0 Å². The van der Waals surface area contributed by atoms with Crippen molar-refractivity contribution >= 4 is 29.2 Å². The van der Waals surface area contributed by atoms with Gasteiger partial charge in [0.1, 0.15) is 23.9 Å². The Labute approximate surface area is 203 Å². The van der Waals surface area contributed by atoms with Crippen LogP contribution in [0.1, 0.15) is 24.0 Å². The van der Waals surface area contributed by atoms with Gasteiger partial charge in [0.2, 0.25) is 17.7 Å². The van der Waals surface area contributed by atoms with Crippen LogP contribution in [-0.4, -0.2) is 36.4 Å². The van der Waals surface area contributed by atoms with Gasteiger partial charge in [-0.3, -0.25) is 14.4 Å². The van der Waals surface area contributed by atoms with Crippen molar-refractivity contribution in [2.24, 2.45) is 0 Å². The highest BCUT2D eigenvalue weighted by Crippen LogP contribution is 2.22. The quantitative estimate of drug-likeness (QED) is 0.464. The van der Waals surface area contributed by atoms with Crippen molar-refractivity contribution in [1.29, 1.82) is 0 Å². The number of ether oxygens (including phenoxy) is 1. The van der Waals surface area contributed by atoms with Crippen LogP contribution in [0.4, 0.5) is 15.9 Å². The van der Waals surface area contributed by atoms with Crippen molar-refractivity contribution < 1.29 is 23.5 Å². The highest BCUT2D eigenvalue weighted by Gasteiger charge is 2.21. The predicted molar refractivity (Wildman–Crippen MR) is 130 cm³/mol. The first-order chi connectivity index (χ1) is 16.8. The van der Waals surface area contributed by atoms with E-state index in [1.54, 1.807) is 48.7 Å². The zero-order valence-corrected chi connectivity index (χ0v) is 19.6. The molecule has 0 atom stereocenters. The summed E-state index contributed by atoms with van der Waals surface area (Å²) in [6, 6.07) is 16.1. The number of aromatic nitrogens is 1.